The van der Waals surface area contributed by atoms with Gasteiger partial charge < -0.3 is 15.4 Å². The molecule has 2 N–H and O–H groups in total. The van der Waals surface area contributed by atoms with Gasteiger partial charge in [-0.2, -0.15) is 5.10 Å². The predicted molar refractivity (Wildman–Crippen MR) is 99.5 cm³/mol. The summed E-state index contributed by atoms with van der Waals surface area (Å²) in [6.45, 7) is 2.35. The number of hydrogen-bond acceptors (Lipinski definition) is 4. The summed E-state index contributed by atoms with van der Waals surface area (Å²) >= 11 is 0. The quantitative estimate of drug-likeness (QED) is 0.745. The molecular weight excluding hydrogens is 347 g/mol. The largest absolute Gasteiger partial charge is 0.371 e. The summed E-state index contributed by atoms with van der Waals surface area (Å²) in [6, 6.07) is 13.5. The normalized spacial score (nSPS) is 16.9. The smallest absolute Gasteiger partial charge is 0.258 e. The van der Waals surface area contributed by atoms with Gasteiger partial charge in [0.1, 0.15) is 5.82 Å². The van der Waals surface area contributed by atoms with Gasteiger partial charge in [-0.05, 0) is 42.0 Å². The number of ether oxygens (including phenoxy) is 1. The van der Waals surface area contributed by atoms with E-state index < -0.39 is 0 Å². The number of halogens is 1. The van der Waals surface area contributed by atoms with Crippen molar-refractivity contribution in [3.8, 4) is 5.69 Å². The molecule has 4 rings (SSSR count). The Kier molecular flexibility index (Phi) is 4.95. The van der Waals surface area contributed by atoms with Gasteiger partial charge in [0.05, 0.1) is 30.2 Å². The van der Waals surface area contributed by atoms with Crippen molar-refractivity contribution in [2.75, 3.05) is 25.0 Å². The second-order valence-electron chi connectivity index (χ2n) is 6.29. The van der Waals surface area contributed by atoms with Crippen LogP contribution in [0.15, 0.2) is 60.9 Å². The Morgan fingerprint density at radius 2 is 1.96 bits per heavy atom. The van der Waals surface area contributed by atoms with Crippen molar-refractivity contribution in [3.63, 3.8) is 0 Å². The molecule has 0 aliphatic carbocycles. The molecular formula is C20H19FN4O2. The minimum atomic E-state index is -0.318. The van der Waals surface area contributed by atoms with E-state index in [1.54, 1.807) is 18.3 Å². The fraction of sp³-hybridized carbons (Fsp3) is 0.200. The standard InChI is InChI=1S/C20H19FN4O2/c21-16-3-7-18(8-4-16)25-13-15(11-23-25)20(26)24-17-5-1-14(2-6-17)19-12-22-9-10-27-19/h1-8,11,13,19,22H,9-10,12H2,(H,24,26)/t19-/m0/s1. The van der Waals surface area contributed by atoms with Gasteiger partial charge in [-0.25, -0.2) is 9.07 Å². The molecule has 1 amide bonds. The molecule has 6 nitrogen and oxygen atoms in total. The van der Waals surface area contributed by atoms with Crippen molar-refractivity contribution in [2.24, 2.45) is 0 Å². The van der Waals surface area contributed by atoms with Crippen molar-refractivity contribution in [2.45, 2.75) is 6.10 Å². The van der Waals surface area contributed by atoms with Crippen LogP contribution in [0, 0.1) is 5.82 Å². The lowest BCUT2D eigenvalue weighted by molar-refractivity contribution is 0.0277. The highest BCUT2D eigenvalue weighted by atomic mass is 19.1. The molecule has 27 heavy (non-hydrogen) atoms. The van der Waals surface area contributed by atoms with E-state index in [9.17, 15) is 9.18 Å². The molecule has 0 saturated carbocycles. The number of benzene rings is 2. The van der Waals surface area contributed by atoms with Gasteiger partial charge in [0.2, 0.25) is 0 Å². The van der Waals surface area contributed by atoms with Crippen LogP contribution < -0.4 is 10.6 Å². The number of morpholine rings is 1. The molecule has 0 radical (unpaired) electrons. The molecule has 0 spiro atoms. The lowest BCUT2D eigenvalue weighted by Crippen LogP contribution is -2.33. The molecule has 1 aliphatic heterocycles. The maximum Gasteiger partial charge on any atom is 0.258 e. The van der Waals surface area contributed by atoms with Crippen molar-refractivity contribution in [3.05, 3.63) is 77.9 Å². The summed E-state index contributed by atoms with van der Waals surface area (Å²) in [5.41, 5.74) is 2.87. The minimum absolute atomic E-state index is 0.0393. The number of nitrogens with zero attached hydrogens (tertiary/aromatic N) is 2. The van der Waals surface area contributed by atoms with Crippen LogP contribution in [-0.4, -0.2) is 35.4 Å². The van der Waals surface area contributed by atoms with Gasteiger partial charge in [-0.3, -0.25) is 4.79 Å². The zero-order valence-electron chi connectivity index (χ0n) is 14.6. The van der Waals surface area contributed by atoms with Gasteiger partial charge in [-0.1, -0.05) is 12.1 Å². The second-order valence-corrected chi connectivity index (χ2v) is 6.29. The third kappa shape index (κ3) is 4.05. The van der Waals surface area contributed by atoms with Crippen LogP contribution in [0.3, 0.4) is 0 Å². The van der Waals surface area contributed by atoms with E-state index in [1.165, 1.54) is 23.0 Å². The van der Waals surface area contributed by atoms with Crippen LogP contribution in [0.25, 0.3) is 5.69 Å². The molecule has 0 bridgehead atoms. The number of nitrogens with one attached hydrogen (secondary N) is 2. The maximum atomic E-state index is 13.0. The van der Waals surface area contributed by atoms with E-state index in [1.807, 2.05) is 24.3 Å². The topological polar surface area (TPSA) is 68.2 Å². The number of aromatic nitrogens is 2. The van der Waals surface area contributed by atoms with Crippen LogP contribution in [0.2, 0.25) is 0 Å². The molecule has 1 saturated heterocycles. The van der Waals surface area contributed by atoms with Crippen molar-refractivity contribution >= 4 is 11.6 Å². The number of hydrogen-bond donors (Lipinski definition) is 2. The first-order valence-corrected chi connectivity index (χ1v) is 8.73. The molecule has 1 aromatic heterocycles. The fourth-order valence-corrected chi connectivity index (χ4v) is 2.94. The zero-order chi connectivity index (χ0) is 18.6. The molecule has 7 heteroatoms. The van der Waals surface area contributed by atoms with Gasteiger partial charge in [-0.15, -0.1) is 0 Å². The average Bonchev–Trinajstić information content (AvgIpc) is 3.20. The molecule has 138 valence electrons. The Labute approximate surface area is 156 Å². The van der Waals surface area contributed by atoms with Crippen LogP contribution in [0.5, 0.6) is 0 Å². The SMILES string of the molecule is O=C(Nc1ccc([C@@H]2CNCCO2)cc1)c1cnn(-c2ccc(F)cc2)c1. The third-order valence-electron chi connectivity index (χ3n) is 4.40. The van der Waals surface area contributed by atoms with Crippen molar-refractivity contribution in [1.29, 1.82) is 0 Å². The number of carbonyl (C=O) groups excluding carboxylic acids is 1. The molecule has 0 unspecified atom stereocenters. The highest BCUT2D eigenvalue weighted by Crippen LogP contribution is 2.21. The van der Waals surface area contributed by atoms with E-state index in [-0.39, 0.29) is 17.8 Å². The Morgan fingerprint density at radius 1 is 1.19 bits per heavy atom. The third-order valence-corrected chi connectivity index (χ3v) is 4.40. The second kappa shape index (κ2) is 7.69. The van der Waals surface area contributed by atoms with Crippen molar-refractivity contribution in [1.82, 2.24) is 15.1 Å². The Morgan fingerprint density at radius 3 is 2.67 bits per heavy atom. The molecule has 3 aromatic rings. The summed E-state index contributed by atoms with van der Waals surface area (Å²) in [7, 11) is 0. The number of rotatable bonds is 4. The highest BCUT2D eigenvalue weighted by Gasteiger charge is 2.16. The average molecular weight is 366 g/mol. The molecule has 2 heterocycles. The zero-order valence-corrected chi connectivity index (χ0v) is 14.6. The molecule has 1 fully saturated rings. The fourth-order valence-electron chi connectivity index (χ4n) is 2.94. The summed E-state index contributed by atoms with van der Waals surface area (Å²) in [4.78, 5) is 12.4. The van der Waals surface area contributed by atoms with Crippen molar-refractivity contribution < 1.29 is 13.9 Å². The first-order chi connectivity index (χ1) is 13.2. The number of carbonyl (C=O) groups is 1. The molecule has 1 aliphatic rings. The molecule has 2 aromatic carbocycles. The van der Waals surface area contributed by atoms with Gasteiger partial charge in [0.25, 0.3) is 5.91 Å². The summed E-state index contributed by atoms with van der Waals surface area (Å²) < 4.78 is 20.3. The van der Waals surface area contributed by atoms with E-state index in [2.05, 4.69) is 15.7 Å². The summed E-state index contributed by atoms with van der Waals surface area (Å²) in [6.07, 6.45) is 3.13. The van der Waals surface area contributed by atoms with Crippen LogP contribution in [-0.2, 0) is 4.74 Å². The summed E-state index contributed by atoms with van der Waals surface area (Å²) in [5.74, 6) is -0.576. The van der Waals surface area contributed by atoms with Crippen LogP contribution >= 0.6 is 0 Å². The van der Waals surface area contributed by atoms with Gasteiger partial charge in [0, 0.05) is 25.0 Å². The first kappa shape index (κ1) is 17.4. The minimum Gasteiger partial charge on any atom is -0.371 e. The molecule has 1 atom stereocenters. The monoisotopic (exact) mass is 366 g/mol. The lowest BCUT2D eigenvalue weighted by Gasteiger charge is -2.24. The Balaban J connectivity index is 1.42. The predicted octanol–water partition coefficient (Wildman–Crippen LogP) is 2.92. The Bertz CT molecular complexity index is 916. The van der Waals surface area contributed by atoms with Crippen LogP contribution in [0.4, 0.5) is 10.1 Å². The van der Waals surface area contributed by atoms with Gasteiger partial charge >= 0.3 is 0 Å². The van der Waals surface area contributed by atoms with E-state index in [4.69, 9.17) is 4.74 Å². The van der Waals surface area contributed by atoms with E-state index >= 15 is 0 Å². The van der Waals surface area contributed by atoms with E-state index in [0.717, 1.165) is 18.7 Å². The lowest BCUT2D eigenvalue weighted by atomic mass is 10.1. The first-order valence-electron chi connectivity index (χ1n) is 8.73. The van der Waals surface area contributed by atoms with Gasteiger partial charge in [0.15, 0.2) is 0 Å². The maximum absolute atomic E-state index is 13.0. The van der Waals surface area contributed by atoms with E-state index in [0.29, 0.717) is 23.5 Å². The Hall–Kier alpha value is -3.03. The highest BCUT2D eigenvalue weighted by molar-refractivity contribution is 6.04. The number of amides is 1. The number of anilines is 1. The summed E-state index contributed by atoms with van der Waals surface area (Å²) in [5, 5.41) is 10.3. The van der Waals surface area contributed by atoms with Crippen LogP contribution in [0.1, 0.15) is 22.0 Å².